The maximum Gasteiger partial charge on any atom is 0.0471 e. The minimum atomic E-state index is 0.295. The molecule has 0 spiro atoms. The summed E-state index contributed by atoms with van der Waals surface area (Å²) in [5, 5.41) is 0.850. The molecule has 2 heterocycles. The van der Waals surface area contributed by atoms with Crippen molar-refractivity contribution in [2.24, 2.45) is 5.73 Å². The Balaban J connectivity index is 1.79. The number of nitrogens with two attached hydrogens (primary N) is 1. The molecule has 116 valence electrons. The van der Waals surface area contributed by atoms with Crippen LogP contribution in [0.2, 0.25) is 5.02 Å². The molecule has 2 fully saturated rings. The Morgan fingerprint density at radius 1 is 1.29 bits per heavy atom. The molecule has 0 amide bonds. The second-order valence-electron chi connectivity index (χ2n) is 6.44. The highest BCUT2D eigenvalue weighted by Gasteiger charge is 2.31. The minimum Gasteiger partial charge on any atom is -0.329 e. The summed E-state index contributed by atoms with van der Waals surface area (Å²) in [6, 6.07) is 7.42. The van der Waals surface area contributed by atoms with Crippen LogP contribution in [0.4, 0.5) is 0 Å². The van der Waals surface area contributed by atoms with Crippen LogP contribution in [0.25, 0.3) is 0 Å². The fourth-order valence-corrected chi connectivity index (χ4v) is 4.02. The van der Waals surface area contributed by atoms with Gasteiger partial charge >= 0.3 is 0 Å². The molecular weight excluding hydrogens is 282 g/mol. The Kier molecular flexibility index (Phi) is 4.85. The predicted molar refractivity (Wildman–Crippen MR) is 88.8 cm³/mol. The van der Waals surface area contributed by atoms with E-state index in [4.69, 9.17) is 17.3 Å². The average Bonchev–Trinajstić information content (AvgIpc) is 2.82. The van der Waals surface area contributed by atoms with E-state index in [-0.39, 0.29) is 0 Å². The Morgan fingerprint density at radius 2 is 2.10 bits per heavy atom. The average molecular weight is 308 g/mol. The summed E-state index contributed by atoms with van der Waals surface area (Å²) in [6.45, 7) is 7.51. The van der Waals surface area contributed by atoms with Gasteiger partial charge in [-0.25, -0.2) is 0 Å². The summed E-state index contributed by atoms with van der Waals surface area (Å²) in [4.78, 5) is 5.24. The molecule has 2 aliphatic rings. The van der Waals surface area contributed by atoms with Crippen LogP contribution >= 0.6 is 11.6 Å². The molecular formula is C17H26ClN3. The van der Waals surface area contributed by atoms with E-state index >= 15 is 0 Å². The van der Waals surface area contributed by atoms with Crippen molar-refractivity contribution in [1.29, 1.82) is 0 Å². The minimum absolute atomic E-state index is 0.295. The van der Waals surface area contributed by atoms with Crippen molar-refractivity contribution in [2.75, 3.05) is 32.7 Å². The van der Waals surface area contributed by atoms with Crippen molar-refractivity contribution in [3.05, 3.63) is 34.3 Å². The molecule has 1 aromatic carbocycles. The molecule has 0 radical (unpaired) electrons. The smallest absolute Gasteiger partial charge is 0.0471 e. The summed E-state index contributed by atoms with van der Waals surface area (Å²) in [7, 11) is 0. The second-order valence-corrected chi connectivity index (χ2v) is 6.85. The van der Waals surface area contributed by atoms with Crippen molar-refractivity contribution < 1.29 is 0 Å². The first kappa shape index (κ1) is 15.3. The number of rotatable bonds is 3. The van der Waals surface area contributed by atoms with Gasteiger partial charge in [-0.2, -0.15) is 0 Å². The summed E-state index contributed by atoms with van der Waals surface area (Å²) >= 11 is 6.31. The highest BCUT2D eigenvalue weighted by Crippen LogP contribution is 2.29. The summed E-state index contributed by atoms with van der Waals surface area (Å²) < 4.78 is 0. The fourth-order valence-electron chi connectivity index (χ4n) is 3.83. The van der Waals surface area contributed by atoms with Crippen molar-refractivity contribution in [2.45, 2.75) is 38.3 Å². The topological polar surface area (TPSA) is 32.5 Å². The van der Waals surface area contributed by atoms with Gasteiger partial charge in [-0.05, 0) is 56.5 Å². The monoisotopic (exact) mass is 307 g/mol. The number of hydrogen-bond donors (Lipinski definition) is 1. The molecule has 0 saturated carbocycles. The van der Waals surface area contributed by atoms with Crippen molar-refractivity contribution in [1.82, 2.24) is 9.80 Å². The van der Waals surface area contributed by atoms with Gasteiger partial charge in [0.2, 0.25) is 0 Å². The molecule has 21 heavy (non-hydrogen) atoms. The molecule has 0 bridgehead atoms. The van der Waals surface area contributed by atoms with E-state index in [1.54, 1.807) is 0 Å². The predicted octanol–water partition coefficient (Wildman–Crippen LogP) is 2.82. The third-order valence-electron chi connectivity index (χ3n) is 5.08. The number of benzene rings is 1. The number of fused-ring (bicyclic) bond motifs is 1. The molecule has 1 aromatic rings. The quantitative estimate of drug-likeness (QED) is 0.932. The number of halogens is 1. The molecule has 0 aliphatic carbocycles. The number of hydrogen-bond acceptors (Lipinski definition) is 3. The van der Waals surface area contributed by atoms with Gasteiger partial charge in [0.25, 0.3) is 0 Å². The molecule has 3 nitrogen and oxygen atoms in total. The fraction of sp³-hybridized carbons (Fsp3) is 0.647. The molecule has 2 aliphatic heterocycles. The normalized spacial score (nSPS) is 25.6. The van der Waals surface area contributed by atoms with Gasteiger partial charge in [0.05, 0.1) is 0 Å². The van der Waals surface area contributed by atoms with Crippen LogP contribution in [-0.4, -0.2) is 48.6 Å². The second kappa shape index (κ2) is 6.66. The summed E-state index contributed by atoms with van der Waals surface area (Å²) in [5.41, 5.74) is 8.51. The van der Waals surface area contributed by atoms with E-state index in [9.17, 15) is 0 Å². The van der Waals surface area contributed by atoms with Crippen LogP contribution in [0.5, 0.6) is 0 Å². The first-order chi connectivity index (χ1) is 10.2. The summed E-state index contributed by atoms with van der Waals surface area (Å²) in [6.07, 6.45) is 3.93. The standard InChI is InChI=1S/C17H26ClN3/c1-13-5-6-14(10-16(13)18)17(11-19)21-9-3-8-20-7-2-4-15(20)12-21/h5-6,10,15,17H,2-4,7-9,11-12,19H2,1H3. The first-order valence-electron chi connectivity index (χ1n) is 8.13. The zero-order valence-corrected chi connectivity index (χ0v) is 13.6. The van der Waals surface area contributed by atoms with Gasteiger partial charge < -0.3 is 5.73 Å². The van der Waals surface area contributed by atoms with E-state index in [0.717, 1.165) is 29.7 Å². The van der Waals surface area contributed by atoms with Crippen LogP contribution in [0, 0.1) is 6.92 Å². The van der Waals surface area contributed by atoms with E-state index in [0.29, 0.717) is 12.6 Å². The van der Waals surface area contributed by atoms with Crippen molar-refractivity contribution >= 4 is 11.6 Å². The van der Waals surface area contributed by atoms with E-state index in [2.05, 4.69) is 28.0 Å². The Labute approximate surface area is 133 Å². The molecule has 4 heteroatoms. The van der Waals surface area contributed by atoms with Gasteiger partial charge in [0.15, 0.2) is 0 Å². The molecule has 2 saturated heterocycles. The zero-order valence-electron chi connectivity index (χ0n) is 12.9. The Bertz CT molecular complexity index is 491. The zero-order chi connectivity index (χ0) is 14.8. The lowest BCUT2D eigenvalue weighted by atomic mass is 10.0. The van der Waals surface area contributed by atoms with Crippen molar-refractivity contribution in [3.63, 3.8) is 0 Å². The molecule has 2 atom stereocenters. The largest absolute Gasteiger partial charge is 0.329 e. The van der Waals surface area contributed by atoms with Crippen LogP contribution in [0.1, 0.15) is 36.4 Å². The molecule has 2 unspecified atom stereocenters. The van der Waals surface area contributed by atoms with E-state index in [1.807, 2.05) is 6.92 Å². The lowest BCUT2D eigenvalue weighted by Crippen LogP contribution is -2.40. The lowest BCUT2D eigenvalue weighted by Gasteiger charge is -2.32. The van der Waals surface area contributed by atoms with Crippen LogP contribution in [-0.2, 0) is 0 Å². The van der Waals surface area contributed by atoms with Crippen LogP contribution in [0.15, 0.2) is 18.2 Å². The van der Waals surface area contributed by atoms with E-state index < -0.39 is 0 Å². The van der Waals surface area contributed by atoms with Gasteiger partial charge in [-0.1, -0.05) is 23.7 Å². The van der Waals surface area contributed by atoms with Crippen LogP contribution < -0.4 is 5.73 Å². The maximum absolute atomic E-state index is 6.31. The van der Waals surface area contributed by atoms with Gasteiger partial charge in [0, 0.05) is 36.7 Å². The van der Waals surface area contributed by atoms with Crippen molar-refractivity contribution in [3.8, 4) is 0 Å². The van der Waals surface area contributed by atoms with E-state index in [1.165, 1.54) is 37.9 Å². The van der Waals surface area contributed by atoms with Crippen LogP contribution in [0.3, 0.4) is 0 Å². The Hall–Kier alpha value is -0.610. The highest BCUT2D eigenvalue weighted by molar-refractivity contribution is 6.31. The van der Waals surface area contributed by atoms with Gasteiger partial charge in [0.1, 0.15) is 0 Å². The molecule has 0 aromatic heterocycles. The summed E-state index contributed by atoms with van der Waals surface area (Å²) in [5.74, 6) is 0. The van der Waals surface area contributed by atoms with Gasteiger partial charge in [-0.3, -0.25) is 9.80 Å². The number of nitrogens with zero attached hydrogens (tertiary/aromatic N) is 2. The highest BCUT2D eigenvalue weighted by atomic mass is 35.5. The third kappa shape index (κ3) is 3.26. The van der Waals surface area contributed by atoms with Gasteiger partial charge in [-0.15, -0.1) is 0 Å². The maximum atomic E-state index is 6.31. The Morgan fingerprint density at radius 3 is 2.86 bits per heavy atom. The molecule has 2 N–H and O–H groups in total. The molecule has 3 rings (SSSR count). The first-order valence-corrected chi connectivity index (χ1v) is 8.51. The SMILES string of the molecule is Cc1ccc(C(CN)N2CCCN3CCCC3C2)cc1Cl. The third-order valence-corrected chi connectivity index (χ3v) is 5.49. The lowest BCUT2D eigenvalue weighted by molar-refractivity contribution is 0.176. The number of aryl methyl sites for hydroxylation is 1.